The minimum absolute atomic E-state index is 0.00750. The Kier molecular flexibility index (Phi) is 4.61. The number of rotatable bonds is 2. The standard InChI is InChI=1S/C17H24N4O2/c1-3-19-7-9-20(10-8-19)17(23)15-12-21(13(2)22)11-14-5-4-6-18-16(14)15/h4-6,15H,3,7-12H2,1-2H3. The number of nitrogens with zero attached hydrogens (tertiary/aromatic N) is 4. The van der Waals surface area contributed by atoms with Crippen LogP contribution in [0.15, 0.2) is 18.3 Å². The highest BCUT2D eigenvalue weighted by Gasteiger charge is 2.35. The Hall–Kier alpha value is -1.95. The molecule has 1 fully saturated rings. The number of pyridine rings is 1. The SMILES string of the molecule is CCN1CCN(C(=O)C2CN(C(C)=O)Cc3cccnc32)CC1. The minimum Gasteiger partial charge on any atom is -0.339 e. The Labute approximate surface area is 137 Å². The van der Waals surface area contributed by atoms with Gasteiger partial charge in [0.05, 0.1) is 11.6 Å². The lowest BCUT2D eigenvalue weighted by atomic mass is 9.93. The number of likely N-dealkylation sites (N-methyl/N-ethyl adjacent to an activating group) is 1. The van der Waals surface area contributed by atoms with Gasteiger partial charge in [-0.15, -0.1) is 0 Å². The second kappa shape index (κ2) is 6.66. The van der Waals surface area contributed by atoms with Crippen LogP contribution < -0.4 is 0 Å². The van der Waals surface area contributed by atoms with Gasteiger partial charge in [0.1, 0.15) is 0 Å². The summed E-state index contributed by atoms with van der Waals surface area (Å²) in [7, 11) is 0. The molecule has 0 radical (unpaired) electrons. The fraction of sp³-hybridized carbons (Fsp3) is 0.588. The molecule has 1 aromatic rings. The van der Waals surface area contributed by atoms with E-state index in [0.29, 0.717) is 13.1 Å². The van der Waals surface area contributed by atoms with Gasteiger partial charge < -0.3 is 14.7 Å². The molecule has 0 N–H and O–H groups in total. The Morgan fingerprint density at radius 1 is 1.22 bits per heavy atom. The zero-order valence-electron chi connectivity index (χ0n) is 13.9. The smallest absolute Gasteiger partial charge is 0.233 e. The summed E-state index contributed by atoms with van der Waals surface area (Å²) in [4.78, 5) is 35.3. The maximum absolute atomic E-state index is 13.0. The van der Waals surface area contributed by atoms with Crippen molar-refractivity contribution in [3.8, 4) is 0 Å². The first-order valence-electron chi connectivity index (χ1n) is 8.30. The van der Waals surface area contributed by atoms with Crippen molar-refractivity contribution in [1.29, 1.82) is 0 Å². The van der Waals surface area contributed by atoms with E-state index in [4.69, 9.17) is 0 Å². The van der Waals surface area contributed by atoms with Crippen LogP contribution >= 0.6 is 0 Å². The van der Waals surface area contributed by atoms with Gasteiger partial charge in [-0.2, -0.15) is 0 Å². The van der Waals surface area contributed by atoms with E-state index in [2.05, 4.69) is 16.8 Å². The summed E-state index contributed by atoms with van der Waals surface area (Å²) >= 11 is 0. The molecule has 2 aliphatic heterocycles. The molecule has 1 atom stereocenters. The molecule has 0 aliphatic carbocycles. The lowest BCUT2D eigenvalue weighted by Gasteiger charge is -2.38. The number of hydrogen-bond acceptors (Lipinski definition) is 4. The van der Waals surface area contributed by atoms with E-state index in [-0.39, 0.29) is 17.7 Å². The van der Waals surface area contributed by atoms with Crippen LogP contribution in [0.5, 0.6) is 0 Å². The van der Waals surface area contributed by atoms with Gasteiger partial charge in [-0.25, -0.2) is 0 Å². The predicted octanol–water partition coefficient (Wildman–Crippen LogP) is 0.691. The molecule has 0 saturated carbocycles. The molecule has 3 heterocycles. The second-order valence-corrected chi connectivity index (χ2v) is 6.26. The van der Waals surface area contributed by atoms with Crippen molar-refractivity contribution >= 4 is 11.8 Å². The molecule has 124 valence electrons. The monoisotopic (exact) mass is 316 g/mol. The maximum atomic E-state index is 13.0. The third-order valence-corrected chi connectivity index (χ3v) is 4.89. The number of aromatic nitrogens is 1. The minimum atomic E-state index is -0.336. The van der Waals surface area contributed by atoms with E-state index in [1.807, 2.05) is 17.0 Å². The number of fused-ring (bicyclic) bond motifs is 1. The van der Waals surface area contributed by atoms with Crippen molar-refractivity contribution in [2.24, 2.45) is 0 Å². The molecule has 0 spiro atoms. The fourth-order valence-corrected chi connectivity index (χ4v) is 3.42. The predicted molar refractivity (Wildman–Crippen MR) is 86.8 cm³/mol. The molecule has 3 rings (SSSR count). The van der Waals surface area contributed by atoms with Gasteiger partial charge in [-0.05, 0) is 18.2 Å². The van der Waals surface area contributed by atoms with E-state index in [0.717, 1.165) is 44.0 Å². The van der Waals surface area contributed by atoms with Crippen LogP contribution in [0.2, 0.25) is 0 Å². The van der Waals surface area contributed by atoms with Gasteiger partial charge in [0.25, 0.3) is 0 Å². The molecule has 1 aromatic heterocycles. The number of piperazine rings is 1. The van der Waals surface area contributed by atoms with Crippen molar-refractivity contribution in [3.63, 3.8) is 0 Å². The van der Waals surface area contributed by atoms with Crippen LogP contribution in [0.1, 0.15) is 31.0 Å². The van der Waals surface area contributed by atoms with Gasteiger partial charge in [0.2, 0.25) is 11.8 Å². The Morgan fingerprint density at radius 3 is 2.61 bits per heavy atom. The Morgan fingerprint density at radius 2 is 1.96 bits per heavy atom. The topological polar surface area (TPSA) is 56.8 Å². The first-order chi connectivity index (χ1) is 11.1. The van der Waals surface area contributed by atoms with Gasteiger partial charge >= 0.3 is 0 Å². The van der Waals surface area contributed by atoms with Crippen LogP contribution in [-0.2, 0) is 16.1 Å². The quantitative estimate of drug-likeness (QED) is 0.806. The molecule has 0 bridgehead atoms. The van der Waals surface area contributed by atoms with E-state index < -0.39 is 0 Å². The van der Waals surface area contributed by atoms with Gasteiger partial charge in [-0.1, -0.05) is 13.0 Å². The second-order valence-electron chi connectivity index (χ2n) is 6.26. The third kappa shape index (κ3) is 3.22. The number of carbonyl (C=O) groups is 2. The van der Waals surface area contributed by atoms with Gasteiger partial charge in [0.15, 0.2) is 0 Å². The summed E-state index contributed by atoms with van der Waals surface area (Å²) in [6.07, 6.45) is 1.73. The summed E-state index contributed by atoms with van der Waals surface area (Å²) in [6, 6.07) is 3.83. The van der Waals surface area contributed by atoms with E-state index in [9.17, 15) is 9.59 Å². The van der Waals surface area contributed by atoms with E-state index in [1.165, 1.54) is 0 Å². The van der Waals surface area contributed by atoms with E-state index >= 15 is 0 Å². The summed E-state index contributed by atoms with van der Waals surface area (Å²) in [6.45, 7) is 9.05. The molecule has 1 unspecified atom stereocenters. The number of carbonyl (C=O) groups excluding carboxylic acids is 2. The highest BCUT2D eigenvalue weighted by molar-refractivity contribution is 5.85. The Bertz CT molecular complexity index is 596. The van der Waals surface area contributed by atoms with Gasteiger partial charge in [0, 0.05) is 52.4 Å². The summed E-state index contributed by atoms with van der Waals surface area (Å²) in [5.41, 5.74) is 1.83. The number of amides is 2. The lowest BCUT2D eigenvalue weighted by molar-refractivity contribution is -0.137. The summed E-state index contributed by atoms with van der Waals surface area (Å²) < 4.78 is 0. The average molecular weight is 316 g/mol. The molecule has 6 nitrogen and oxygen atoms in total. The van der Waals surface area contributed by atoms with Crippen molar-refractivity contribution in [3.05, 3.63) is 29.6 Å². The maximum Gasteiger partial charge on any atom is 0.233 e. The molecular weight excluding hydrogens is 292 g/mol. The van der Waals surface area contributed by atoms with Crippen LogP contribution in [0, 0.1) is 0 Å². The fourth-order valence-electron chi connectivity index (χ4n) is 3.42. The lowest BCUT2D eigenvalue weighted by Crippen LogP contribution is -2.52. The molecule has 2 aliphatic rings. The highest BCUT2D eigenvalue weighted by atomic mass is 16.2. The first-order valence-corrected chi connectivity index (χ1v) is 8.30. The molecule has 23 heavy (non-hydrogen) atoms. The first kappa shape index (κ1) is 15.9. The normalized spacial score (nSPS) is 21.9. The zero-order valence-corrected chi connectivity index (χ0v) is 13.9. The molecule has 0 aromatic carbocycles. The van der Waals surface area contributed by atoms with E-state index in [1.54, 1.807) is 18.0 Å². The average Bonchev–Trinajstić information content (AvgIpc) is 2.60. The van der Waals surface area contributed by atoms with Crippen LogP contribution in [-0.4, -0.2) is 70.8 Å². The zero-order chi connectivity index (χ0) is 16.4. The number of hydrogen-bond donors (Lipinski definition) is 0. The van der Waals surface area contributed by atoms with Crippen molar-refractivity contribution in [2.75, 3.05) is 39.3 Å². The molecule has 2 amide bonds. The Balaban J connectivity index is 1.80. The third-order valence-electron chi connectivity index (χ3n) is 4.89. The van der Waals surface area contributed by atoms with Crippen LogP contribution in [0.25, 0.3) is 0 Å². The van der Waals surface area contributed by atoms with Crippen LogP contribution in [0.3, 0.4) is 0 Å². The highest BCUT2D eigenvalue weighted by Crippen LogP contribution is 2.28. The van der Waals surface area contributed by atoms with Crippen LogP contribution in [0.4, 0.5) is 0 Å². The molecular formula is C17H24N4O2. The molecule has 6 heteroatoms. The largest absolute Gasteiger partial charge is 0.339 e. The summed E-state index contributed by atoms with van der Waals surface area (Å²) in [5.74, 6) is -0.225. The summed E-state index contributed by atoms with van der Waals surface area (Å²) in [5, 5.41) is 0. The van der Waals surface area contributed by atoms with Crippen molar-refractivity contribution in [2.45, 2.75) is 26.3 Å². The van der Waals surface area contributed by atoms with Crippen molar-refractivity contribution < 1.29 is 9.59 Å². The van der Waals surface area contributed by atoms with Crippen molar-refractivity contribution in [1.82, 2.24) is 19.7 Å². The molecule has 1 saturated heterocycles. The van der Waals surface area contributed by atoms with Gasteiger partial charge in [-0.3, -0.25) is 14.6 Å².